The number of hydrogen-bond donors (Lipinski definition) is 1. The lowest BCUT2D eigenvalue weighted by atomic mass is 9.99. The first-order valence-electron chi connectivity index (χ1n) is 10.0. The average molecular weight is 512 g/mol. The fraction of sp³-hybridized carbons (Fsp3) is 0.0435. The van der Waals surface area contributed by atoms with E-state index in [2.05, 4.69) is 24.9 Å². The van der Waals surface area contributed by atoms with E-state index < -0.39 is 21.7 Å². The van der Waals surface area contributed by atoms with Gasteiger partial charge < -0.3 is 4.74 Å². The Morgan fingerprint density at radius 3 is 2.46 bits per heavy atom. The molecular weight excluding hydrogens is 496 g/mol. The summed E-state index contributed by atoms with van der Waals surface area (Å²) in [5.41, 5.74) is 3.83. The van der Waals surface area contributed by atoms with Crippen LogP contribution >= 0.6 is 11.3 Å². The van der Waals surface area contributed by atoms with Gasteiger partial charge in [-0.25, -0.2) is 27.2 Å². The third-order valence-electron chi connectivity index (χ3n) is 5.15. The molecule has 0 fully saturated rings. The van der Waals surface area contributed by atoms with Crippen LogP contribution in [0.15, 0.2) is 71.3 Å². The van der Waals surface area contributed by atoms with Crippen LogP contribution in [0.5, 0.6) is 5.75 Å². The van der Waals surface area contributed by atoms with Gasteiger partial charge >= 0.3 is 0 Å². The number of nitrogens with one attached hydrogen (secondary N) is 1. The summed E-state index contributed by atoms with van der Waals surface area (Å²) < 4.78 is 60.8. The summed E-state index contributed by atoms with van der Waals surface area (Å²) in [5.74, 6) is -0.950. The van der Waals surface area contributed by atoms with Gasteiger partial charge in [0.05, 0.1) is 23.2 Å². The third kappa shape index (κ3) is 4.53. The summed E-state index contributed by atoms with van der Waals surface area (Å²) in [4.78, 5) is 8.60. The molecule has 2 aromatic heterocycles. The third-order valence-corrected chi connectivity index (χ3v) is 7.23. The van der Waals surface area contributed by atoms with E-state index in [0.29, 0.717) is 39.0 Å². The molecule has 0 atom stereocenters. The summed E-state index contributed by atoms with van der Waals surface area (Å²) in [5, 5.41) is 8.05. The standard InChI is InChI=1S/C23H15F2N5O3S2/c1-33-21-8-13(14-6-15(24)9-16(25)7-14)2-4-19(21)22-18-5-3-17(10-20(18)26-11-27-22)35(31,32)30-23-29-28-12-34-23/h2-12H,1H3,(H,29,30). The summed E-state index contributed by atoms with van der Waals surface area (Å²) >= 11 is 1.06. The summed E-state index contributed by atoms with van der Waals surface area (Å²) in [6.07, 6.45) is 1.32. The predicted molar refractivity (Wildman–Crippen MR) is 128 cm³/mol. The SMILES string of the molecule is COc1cc(-c2cc(F)cc(F)c2)ccc1-c1ncnc2cc(S(=O)(=O)Nc3nncs3)ccc12. The minimum Gasteiger partial charge on any atom is -0.496 e. The first kappa shape index (κ1) is 22.7. The molecule has 0 aliphatic rings. The molecule has 1 N–H and O–H groups in total. The normalized spacial score (nSPS) is 11.5. The van der Waals surface area contributed by atoms with Crippen LogP contribution in [-0.4, -0.2) is 35.7 Å². The van der Waals surface area contributed by atoms with Crippen molar-refractivity contribution < 1.29 is 21.9 Å². The fourth-order valence-electron chi connectivity index (χ4n) is 3.60. The molecule has 8 nitrogen and oxygen atoms in total. The van der Waals surface area contributed by atoms with Crippen LogP contribution in [0.25, 0.3) is 33.3 Å². The predicted octanol–water partition coefficient (Wildman–Crippen LogP) is 4.90. The van der Waals surface area contributed by atoms with E-state index in [-0.39, 0.29) is 10.0 Å². The molecule has 176 valence electrons. The number of benzene rings is 3. The van der Waals surface area contributed by atoms with E-state index in [1.807, 2.05) is 0 Å². The number of aromatic nitrogens is 4. The molecule has 35 heavy (non-hydrogen) atoms. The zero-order chi connectivity index (χ0) is 24.6. The number of sulfonamides is 1. The Hall–Kier alpha value is -4.03. The Kier molecular flexibility index (Phi) is 5.83. The topological polar surface area (TPSA) is 107 Å². The maximum Gasteiger partial charge on any atom is 0.263 e. The number of methoxy groups -OCH3 is 1. The Labute approximate surface area is 202 Å². The number of halogens is 2. The number of ether oxygens (including phenoxy) is 1. The summed E-state index contributed by atoms with van der Waals surface area (Å²) in [7, 11) is -2.42. The zero-order valence-electron chi connectivity index (χ0n) is 17.9. The van der Waals surface area contributed by atoms with Crippen molar-refractivity contribution in [1.82, 2.24) is 20.2 Å². The highest BCUT2D eigenvalue weighted by Crippen LogP contribution is 2.37. The van der Waals surface area contributed by atoms with Crippen molar-refractivity contribution in [3.63, 3.8) is 0 Å². The zero-order valence-corrected chi connectivity index (χ0v) is 19.6. The second kappa shape index (κ2) is 8.96. The molecule has 0 aliphatic carbocycles. The second-order valence-corrected chi connectivity index (χ2v) is 9.84. The van der Waals surface area contributed by atoms with Crippen molar-refractivity contribution in [2.75, 3.05) is 11.8 Å². The molecule has 0 bridgehead atoms. The van der Waals surface area contributed by atoms with Gasteiger partial charge in [0.1, 0.15) is 29.2 Å². The Balaban J connectivity index is 1.57. The molecule has 3 aromatic carbocycles. The fourth-order valence-corrected chi connectivity index (χ4v) is 5.31. The van der Waals surface area contributed by atoms with Gasteiger partial charge in [0.25, 0.3) is 10.0 Å². The van der Waals surface area contributed by atoms with Crippen LogP contribution < -0.4 is 9.46 Å². The molecule has 5 aromatic rings. The van der Waals surface area contributed by atoms with E-state index >= 15 is 0 Å². The number of fused-ring (bicyclic) bond motifs is 1. The highest BCUT2D eigenvalue weighted by atomic mass is 32.2. The van der Waals surface area contributed by atoms with E-state index in [1.165, 1.54) is 43.2 Å². The molecule has 12 heteroatoms. The lowest BCUT2D eigenvalue weighted by molar-refractivity contribution is 0.416. The minimum absolute atomic E-state index is 0.000272. The molecule has 0 saturated carbocycles. The largest absolute Gasteiger partial charge is 0.496 e. The first-order valence-corrected chi connectivity index (χ1v) is 12.4. The molecule has 0 unspecified atom stereocenters. The van der Waals surface area contributed by atoms with Gasteiger partial charge in [-0.3, -0.25) is 4.72 Å². The van der Waals surface area contributed by atoms with Gasteiger partial charge in [0.15, 0.2) is 0 Å². The van der Waals surface area contributed by atoms with Crippen molar-refractivity contribution in [2.24, 2.45) is 0 Å². The van der Waals surface area contributed by atoms with Crippen LogP contribution in [0.3, 0.4) is 0 Å². The Morgan fingerprint density at radius 1 is 0.943 bits per heavy atom. The van der Waals surface area contributed by atoms with Crippen LogP contribution in [-0.2, 0) is 10.0 Å². The monoisotopic (exact) mass is 511 g/mol. The first-order chi connectivity index (χ1) is 16.8. The van der Waals surface area contributed by atoms with E-state index in [1.54, 1.807) is 24.3 Å². The smallest absolute Gasteiger partial charge is 0.263 e. The van der Waals surface area contributed by atoms with Crippen LogP contribution in [0, 0.1) is 11.6 Å². The highest BCUT2D eigenvalue weighted by molar-refractivity contribution is 7.93. The molecule has 0 spiro atoms. The number of rotatable bonds is 6. The van der Waals surface area contributed by atoms with Crippen LogP contribution in [0.2, 0.25) is 0 Å². The van der Waals surface area contributed by atoms with Crippen molar-refractivity contribution in [3.05, 3.63) is 78.1 Å². The molecule has 0 radical (unpaired) electrons. The van der Waals surface area contributed by atoms with E-state index in [9.17, 15) is 17.2 Å². The molecule has 0 aliphatic heterocycles. The Bertz CT molecular complexity index is 1640. The maximum absolute atomic E-state index is 13.7. The Morgan fingerprint density at radius 2 is 1.74 bits per heavy atom. The average Bonchev–Trinajstić information content (AvgIpc) is 3.34. The molecule has 2 heterocycles. The van der Waals surface area contributed by atoms with Crippen molar-refractivity contribution in [2.45, 2.75) is 4.90 Å². The van der Waals surface area contributed by atoms with Crippen molar-refractivity contribution in [1.29, 1.82) is 0 Å². The quantitative estimate of drug-likeness (QED) is 0.345. The highest BCUT2D eigenvalue weighted by Gasteiger charge is 2.19. The molecule has 0 saturated heterocycles. The van der Waals surface area contributed by atoms with E-state index in [4.69, 9.17) is 4.74 Å². The van der Waals surface area contributed by atoms with Gasteiger partial charge in [0.2, 0.25) is 5.13 Å². The molecule has 0 amide bonds. The van der Waals surface area contributed by atoms with Gasteiger partial charge in [-0.1, -0.05) is 17.4 Å². The van der Waals surface area contributed by atoms with Crippen molar-refractivity contribution >= 4 is 37.4 Å². The second-order valence-electron chi connectivity index (χ2n) is 7.32. The summed E-state index contributed by atoms with van der Waals surface area (Å²) in [6, 6.07) is 12.8. The number of anilines is 1. The molecule has 5 rings (SSSR count). The lowest BCUT2D eigenvalue weighted by Gasteiger charge is -2.13. The minimum atomic E-state index is -3.90. The summed E-state index contributed by atoms with van der Waals surface area (Å²) in [6.45, 7) is 0. The maximum atomic E-state index is 13.7. The van der Waals surface area contributed by atoms with Gasteiger partial charge in [-0.05, 0) is 53.6 Å². The van der Waals surface area contributed by atoms with Gasteiger partial charge in [0, 0.05) is 17.0 Å². The van der Waals surface area contributed by atoms with Gasteiger partial charge in [-0.2, -0.15) is 0 Å². The van der Waals surface area contributed by atoms with Crippen LogP contribution in [0.1, 0.15) is 0 Å². The number of hydrogen-bond acceptors (Lipinski definition) is 8. The number of nitrogens with zero attached hydrogens (tertiary/aromatic N) is 4. The van der Waals surface area contributed by atoms with E-state index in [0.717, 1.165) is 17.4 Å². The lowest BCUT2D eigenvalue weighted by Crippen LogP contribution is -2.12. The van der Waals surface area contributed by atoms with Gasteiger partial charge in [-0.15, -0.1) is 10.2 Å². The van der Waals surface area contributed by atoms with Crippen LogP contribution in [0.4, 0.5) is 13.9 Å². The van der Waals surface area contributed by atoms with Crippen molar-refractivity contribution in [3.8, 4) is 28.1 Å². The molecular formula is C23H15F2N5O3S2.